The van der Waals surface area contributed by atoms with Crippen molar-refractivity contribution in [1.29, 1.82) is 0 Å². The van der Waals surface area contributed by atoms with Gasteiger partial charge in [-0.2, -0.15) is 0 Å². The summed E-state index contributed by atoms with van der Waals surface area (Å²) in [5.74, 6) is 0.392. The molecule has 0 aliphatic rings. The van der Waals surface area contributed by atoms with Crippen LogP contribution < -0.4 is 5.32 Å². The van der Waals surface area contributed by atoms with E-state index in [1.807, 2.05) is 12.3 Å². The van der Waals surface area contributed by atoms with E-state index in [9.17, 15) is 8.60 Å². The summed E-state index contributed by atoms with van der Waals surface area (Å²) in [6.45, 7) is 2.66. The first-order chi connectivity index (χ1) is 9.54. The molecule has 0 saturated carbocycles. The van der Waals surface area contributed by atoms with E-state index in [1.54, 1.807) is 29.7 Å². The van der Waals surface area contributed by atoms with Crippen molar-refractivity contribution in [1.82, 2.24) is 10.3 Å². The second-order valence-corrected chi connectivity index (χ2v) is 7.01. The predicted octanol–water partition coefficient (Wildman–Crippen LogP) is 2.81. The van der Waals surface area contributed by atoms with E-state index >= 15 is 0 Å². The molecule has 2 atom stereocenters. The van der Waals surface area contributed by atoms with Gasteiger partial charge in [-0.25, -0.2) is 9.37 Å². The second-order valence-electron chi connectivity index (χ2n) is 4.67. The van der Waals surface area contributed by atoms with Crippen molar-refractivity contribution in [3.63, 3.8) is 0 Å². The van der Waals surface area contributed by atoms with Gasteiger partial charge in [0.25, 0.3) is 0 Å². The van der Waals surface area contributed by atoms with Crippen LogP contribution >= 0.6 is 11.3 Å². The first kappa shape index (κ1) is 15.3. The molecule has 0 radical (unpaired) electrons. The summed E-state index contributed by atoms with van der Waals surface area (Å²) in [7, 11) is -0.796. The molecule has 20 heavy (non-hydrogen) atoms. The maximum Gasteiger partial charge on any atom is 0.123 e. The molecule has 1 aromatic heterocycles. The molecule has 1 N–H and O–H groups in total. The van der Waals surface area contributed by atoms with E-state index in [-0.39, 0.29) is 11.9 Å². The van der Waals surface area contributed by atoms with Crippen LogP contribution in [0, 0.1) is 5.82 Å². The minimum atomic E-state index is -0.796. The summed E-state index contributed by atoms with van der Waals surface area (Å²) >= 11 is 1.54. The van der Waals surface area contributed by atoms with Crippen LogP contribution in [0.5, 0.6) is 0 Å². The van der Waals surface area contributed by atoms with E-state index in [0.717, 1.165) is 16.3 Å². The quantitative estimate of drug-likeness (QED) is 0.892. The van der Waals surface area contributed by atoms with Crippen LogP contribution in [-0.2, 0) is 17.3 Å². The highest BCUT2D eigenvalue weighted by molar-refractivity contribution is 7.84. The molecule has 3 nitrogen and oxygen atoms in total. The Morgan fingerprint density at radius 2 is 2.10 bits per heavy atom. The molecule has 0 aliphatic carbocycles. The fourth-order valence-corrected chi connectivity index (χ4v) is 3.45. The van der Waals surface area contributed by atoms with Crippen molar-refractivity contribution in [3.05, 3.63) is 41.2 Å². The molecule has 0 amide bonds. The lowest BCUT2D eigenvalue weighted by atomic mass is 10.2. The van der Waals surface area contributed by atoms with Gasteiger partial charge in [0.15, 0.2) is 0 Å². The van der Waals surface area contributed by atoms with Gasteiger partial charge in [-0.05, 0) is 31.2 Å². The van der Waals surface area contributed by atoms with Gasteiger partial charge in [0, 0.05) is 46.3 Å². The Kier molecular flexibility index (Phi) is 5.39. The van der Waals surface area contributed by atoms with Gasteiger partial charge in [-0.15, -0.1) is 11.3 Å². The number of hydrogen-bond acceptors (Lipinski definition) is 4. The molecule has 0 saturated heterocycles. The predicted molar refractivity (Wildman–Crippen MR) is 82.7 cm³/mol. The minimum Gasteiger partial charge on any atom is -0.308 e. The monoisotopic (exact) mass is 312 g/mol. The van der Waals surface area contributed by atoms with Crippen molar-refractivity contribution in [3.8, 4) is 10.6 Å². The summed E-state index contributed by atoms with van der Waals surface area (Å²) < 4.78 is 24.0. The van der Waals surface area contributed by atoms with Gasteiger partial charge >= 0.3 is 0 Å². The SMILES string of the molecule is CC(CS(C)=O)NCc1csc(-c2ccc(F)cc2)n1. The topological polar surface area (TPSA) is 42.0 Å². The number of nitrogens with one attached hydrogen (secondary N) is 1. The van der Waals surface area contributed by atoms with E-state index in [2.05, 4.69) is 10.3 Å². The lowest BCUT2D eigenvalue weighted by molar-refractivity contribution is 0.582. The largest absolute Gasteiger partial charge is 0.308 e. The Bertz CT molecular complexity index is 583. The summed E-state index contributed by atoms with van der Waals surface area (Å²) in [4.78, 5) is 4.52. The zero-order valence-electron chi connectivity index (χ0n) is 11.4. The molecule has 1 aromatic carbocycles. The number of hydrogen-bond donors (Lipinski definition) is 1. The van der Waals surface area contributed by atoms with Gasteiger partial charge in [0.05, 0.1) is 5.69 Å². The number of thiazole rings is 1. The van der Waals surface area contributed by atoms with Gasteiger partial charge in [0.2, 0.25) is 0 Å². The molecular formula is C14H17FN2OS2. The summed E-state index contributed by atoms with van der Waals surface area (Å²) in [5, 5.41) is 6.17. The Labute approximate surface area is 124 Å². The molecule has 2 aromatic rings. The van der Waals surface area contributed by atoms with E-state index < -0.39 is 10.8 Å². The number of halogens is 1. The third kappa shape index (κ3) is 4.47. The van der Waals surface area contributed by atoms with Crippen LogP contribution in [0.15, 0.2) is 29.6 Å². The van der Waals surface area contributed by atoms with Crippen LogP contribution in [0.2, 0.25) is 0 Å². The lowest BCUT2D eigenvalue weighted by Gasteiger charge is -2.10. The van der Waals surface area contributed by atoms with Crippen LogP contribution in [0.25, 0.3) is 10.6 Å². The molecule has 6 heteroatoms. The number of benzene rings is 1. The number of rotatable bonds is 6. The molecular weight excluding hydrogens is 295 g/mol. The Morgan fingerprint density at radius 1 is 1.40 bits per heavy atom. The zero-order chi connectivity index (χ0) is 14.5. The average Bonchev–Trinajstić information content (AvgIpc) is 2.85. The normalized spacial score (nSPS) is 14.2. The van der Waals surface area contributed by atoms with Crippen molar-refractivity contribution in [2.45, 2.75) is 19.5 Å². The molecule has 0 fully saturated rings. The molecule has 0 spiro atoms. The average molecular weight is 312 g/mol. The van der Waals surface area contributed by atoms with Crippen LogP contribution in [0.3, 0.4) is 0 Å². The molecule has 0 bridgehead atoms. The van der Waals surface area contributed by atoms with Crippen LogP contribution in [0.4, 0.5) is 4.39 Å². The fraction of sp³-hybridized carbons (Fsp3) is 0.357. The maximum atomic E-state index is 12.9. The highest BCUT2D eigenvalue weighted by atomic mass is 32.2. The van der Waals surface area contributed by atoms with Crippen molar-refractivity contribution in [2.75, 3.05) is 12.0 Å². The standard InChI is InChI=1S/C14H17FN2OS2/c1-10(9-20(2)18)16-7-13-8-19-14(17-13)11-3-5-12(15)6-4-11/h3-6,8,10,16H,7,9H2,1-2H3. The van der Waals surface area contributed by atoms with Gasteiger partial charge in [0.1, 0.15) is 10.8 Å². The Hall–Kier alpha value is -1.11. The van der Waals surface area contributed by atoms with Crippen molar-refractivity contribution in [2.24, 2.45) is 0 Å². The first-order valence-corrected chi connectivity index (χ1v) is 8.89. The first-order valence-electron chi connectivity index (χ1n) is 6.28. The molecule has 2 rings (SSSR count). The zero-order valence-corrected chi connectivity index (χ0v) is 13.1. The fourth-order valence-electron chi connectivity index (χ4n) is 1.80. The Morgan fingerprint density at radius 3 is 2.75 bits per heavy atom. The number of aromatic nitrogens is 1. The lowest BCUT2D eigenvalue weighted by Crippen LogP contribution is -2.30. The van der Waals surface area contributed by atoms with Crippen molar-refractivity contribution < 1.29 is 8.60 Å². The van der Waals surface area contributed by atoms with Crippen molar-refractivity contribution >= 4 is 22.1 Å². The van der Waals surface area contributed by atoms with E-state index in [1.165, 1.54) is 12.1 Å². The second kappa shape index (κ2) is 7.06. The molecule has 0 aliphatic heterocycles. The molecule has 2 unspecified atom stereocenters. The smallest absolute Gasteiger partial charge is 0.123 e. The van der Waals surface area contributed by atoms with Crippen LogP contribution in [-0.4, -0.2) is 27.2 Å². The van der Waals surface area contributed by atoms with E-state index in [0.29, 0.717) is 12.3 Å². The Balaban J connectivity index is 1.95. The van der Waals surface area contributed by atoms with E-state index in [4.69, 9.17) is 0 Å². The summed E-state index contributed by atoms with van der Waals surface area (Å²) in [6, 6.07) is 6.53. The molecule has 108 valence electrons. The highest BCUT2D eigenvalue weighted by Gasteiger charge is 2.07. The van der Waals surface area contributed by atoms with Gasteiger partial charge in [-0.3, -0.25) is 4.21 Å². The minimum absolute atomic E-state index is 0.191. The maximum absolute atomic E-state index is 12.9. The third-order valence-electron chi connectivity index (χ3n) is 2.76. The van der Waals surface area contributed by atoms with Gasteiger partial charge in [-0.1, -0.05) is 0 Å². The van der Waals surface area contributed by atoms with Gasteiger partial charge < -0.3 is 5.32 Å². The summed E-state index contributed by atoms with van der Waals surface area (Å²) in [6.07, 6.45) is 1.70. The van der Waals surface area contributed by atoms with Crippen LogP contribution in [0.1, 0.15) is 12.6 Å². The highest BCUT2D eigenvalue weighted by Crippen LogP contribution is 2.23. The third-order valence-corrected chi connectivity index (χ3v) is 4.67. The molecule has 1 heterocycles. The number of nitrogens with zero attached hydrogens (tertiary/aromatic N) is 1. The summed E-state index contributed by atoms with van der Waals surface area (Å²) in [5.41, 5.74) is 1.87.